The van der Waals surface area contributed by atoms with Crippen molar-refractivity contribution in [3.05, 3.63) is 56.9 Å². The number of aromatic nitrogens is 2. The third-order valence-corrected chi connectivity index (χ3v) is 6.46. The molecule has 5 rings (SSSR count). The van der Waals surface area contributed by atoms with Gasteiger partial charge >= 0.3 is 5.97 Å². The molecule has 30 heavy (non-hydrogen) atoms. The lowest BCUT2D eigenvalue weighted by atomic mass is 9.85. The molecule has 1 N–H and O–H groups in total. The Morgan fingerprint density at radius 1 is 1.23 bits per heavy atom. The molecule has 0 saturated heterocycles. The smallest absolute Gasteiger partial charge is 0.343 e. The number of benzene rings is 1. The van der Waals surface area contributed by atoms with E-state index in [1.165, 1.54) is 7.11 Å². The Labute approximate surface area is 172 Å². The van der Waals surface area contributed by atoms with E-state index in [1.54, 1.807) is 22.8 Å². The molecule has 0 bridgehead atoms. The highest BCUT2D eigenvalue weighted by molar-refractivity contribution is 5.89. The number of phenolic OH excluding ortho intramolecular Hbond substituents is 1. The maximum Gasteiger partial charge on any atom is 0.343 e. The van der Waals surface area contributed by atoms with Crippen LogP contribution in [0, 0.1) is 0 Å². The molecule has 1 atom stereocenters. The van der Waals surface area contributed by atoms with Crippen LogP contribution in [0.25, 0.3) is 22.3 Å². The Balaban J connectivity index is 1.84. The highest BCUT2D eigenvalue weighted by Gasteiger charge is 2.47. The first-order valence-corrected chi connectivity index (χ1v) is 10.1. The molecular weight excluding hydrogens is 384 g/mol. The number of phenols is 1. The maximum atomic E-state index is 13.4. The lowest BCUT2D eigenvalue weighted by molar-refractivity contribution is -0.176. The van der Waals surface area contributed by atoms with E-state index in [1.807, 2.05) is 13.0 Å². The Morgan fingerprint density at radius 3 is 2.73 bits per heavy atom. The number of hydrogen-bond acceptors (Lipinski definition) is 6. The number of esters is 1. The fraction of sp³-hybridized carbons (Fsp3) is 0.348. The number of ether oxygens (including phenoxy) is 2. The second-order valence-electron chi connectivity index (χ2n) is 7.75. The van der Waals surface area contributed by atoms with E-state index in [4.69, 9.17) is 14.5 Å². The number of pyridine rings is 2. The topological polar surface area (TPSA) is 90.7 Å². The van der Waals surface area contributed by atoms with Crippen LogP contribution in [0.4, 0.5) is 0 Å². The molecule has 2 aromatic heterocycles. The molecule has 0 aliphatic carbocycles. The largest absolute Gasteiger partial charge is 0.508 e. The van der Waals surface area contributed by atoms with Crippen molar-refractivity contribution in [2.75, 3.05) is 7.11 Å². The number of carbonyl (C=O) groups excluding carboxylic acids is 1. The van der Waals surface area contributed by atoms with Gasteiger partial charge < -0.3 is 19.1 Å². The fourth-order valence-corrected chi connectivity index (χ4v) is 4.88. The molecule has 2 aliphatic heterocycles. The van der Waals surface area contributed by atoms with Crippen molar-refractivity contribution in [2.45, 2.75) is 45.4 Å². The van der Waals surface area contributed by atoms with E-state index in [2.05, 4.69) is 6.92 Å². The van der Waals surface area contributed by atoms with Crippen molar-refractivity contribution >= 4 is 16.9 Å². The summed E-state index contributed by atoms with van der Waals surface area (Å²) in [7, 11) is 1.46. The van der Waals surface area contributed by atoms with E-state index in [9.17, 15) is 14.7 Å². The van der Waals surface area contributed by atoms with Gasteiger partial charge in [0.2, 0.25) is 0 Å². The maximum absolute atomic E-state index is 13.4. The number of fused-ring (bicyclic) bond motifs is 5. The zero-order valence-corrected chi connectivity index (χ0v) is 17.1. The van der Waals surface area contributed by atoms with Crippen molar-refractivity contribution in [3.8, 4) is 17.1 Å². The minimum absolute atomic E-state index is 0.0569. The molecule has 154 valence electrons. The van der Waals surface area contributed by atoms with Crippen LogP contribution in [0.2, 0.25) is 0 Å². The Hall–Kier alpha value is -3.19. The van der Waals surface area contributed by atoms with Crippen molar-refractivity contribution in [1.82, 2.24) is 9.55 Å². The number of rotatable bonds is 3. The molecule has 0 unspecified atom stereocenters. The summed E-state index contributed by atoms with van der Waals surface area (Å²) in [6.07, 6.45) is 1.10. The highest BCUT2D eigenvalue weighted by Crippen LogP contribution is 2.41. The average molecular weight is 406 g/mol. The zero-order valence-electron chi connectivity index (χ0n) is 17.1. The molecule has 4 heterocycles. The highest BCUT2D eigenvalue weighted by atomic mass is 16.6. The average Bonchev–Trinajstić information content (AvgIpc) is 3.11. The van der Waals surface area contributed by atoms with Crippen LogP contribution in [0.5, 0.6) is 5.75 Å². The van der Waals surface area contributed by atoms with Gasteiger partial charge in [-0.15, -0.1) is 0 Å². The van der Waals surface area contributed by atoms with Gasteiger partial charge in [0.15, 0.2) is 5.60 Å². The molecule has 0 radical (unpaired) electrons. The van der Waals surface area contributed by atoms with Gasteiger partial charge in [-0.1, -0.05) is 13.8 Å². The minimum Gasteiger partial charge on any atom is -0.508 e. The SMILES string of the molecule is CCc1c2c(nc3ccc(O)cc13)-c1cc3c(c(=O)n1C2)COC(=O)[C@@]3(CC)OC. The number of carbonyl (C=O) groups is 1. The second kappa shape index (κ2) is 6.40. The number of aryl methyl sites for hydroxylation is 1. The predicted molar refractivity (Wildman–Crippen MR) is 110 cm³/mol. The predicted octanol–water partition coefficient (Wildman–Crippen LogP) is 3.00. The van der Waals surface area contributed by atoms with Crippen LogP contribution in [0.15, 0.2) is 29.1 Å². The normalized spacial score (nSPS) is 19.4. The molecule has 7 nitrogen and oxygen atoms in total. The van der Waals surface area contributed by atoms with Gasteiger partial charge in [-0.25, -0.2) is 9.78 Å². The molecule has 7 heteroatoms. The van der Waals surface area contributed by atoms with Gasteiger partial charge in [0, 0.05) is 23.6 Å². The Bertz CT molecular complexity index is 1290. The molecule has 0 spiro atoms. The lowest BCUT2D eigenvalue weighted by Crippen LogP contribution is -2.45. The summed E-state index contributed by atoms with van der Waals surface area (Å²) in [6, 6.07) is 6.98. The summed E-state index contributed by atoms with van der Waals surface area (Å²) in [5.41, 5.74) is 3.77. The van der Waals surface area contributed by atoms with Crippen LogP contribution in [0.1, 0.15) is 42.5 Å². The summed E-state index contributed by atoms with van der Waals surface area (Å²) in [5.74, 6) is -0.288. The van der Waals surface area contributed by atoms with Crippen molar-refractivity contribution in [3.63, 3.8) is 0 Å². The number of hydrogen-bond donors (Lipinski definition) is 1. The van der Waals surface area contributed by atoms with Crippen LogP contribution in [0.3, 0.4) is 0 Å². The molecule has 0 amide bonds. The number of aromatic hydroxyl groups is 1. The summed E-state index contributed by atoms with van der Waals surface area (Å²) < 4.78 is 12.6. The zero-order chi connectivity index (χ0) is 21.2. The summed E-state index contributed by atoms with van der Waals surface area (Å²) in [6.45, 7) is 4.23. The molecular formula is C23H22N2O5. The van der Waals surface area contributed by atoms with E-state index in [-0.39, 0.29) is 17.9 Å². The first-order valence-electron chi connectivity index (χ1n) is 10.1. The van der Waals surface area contributed by atoms with Gasteiger partial charge in [-0.3, -0.25) is 4.79 Å². The van der Waals surface area contributed by atoms with Gasteiger partial charge in [-0.05, 0) is 42.7 Å². The fourth-order valence-electron chi connectivity index (χ4n) is 4.88. The quantitative estimate of drug-likeness (QED) is 0.526. The lowest BCUT2D eigenvalue weighted by Gasteiger charge is -2.34. The molecule has 3 aromatic rings. The van der Waals surface area contributed by atoms with Crippen molar-refractivity contribution in [2.24, 2.45) is 0 Å². The standard InChI is InChI=1S/C23H22N2O5/c1-4-13-14-8-12(26)6-7-18(14)24-20-15(13)10-25-19(20)9-17-16(21(25)27)11-30-22(28)23(17,5-2)29-3/h6-9,26H,4-5,10-11H2,1-3H3/t23-/m0/s1. The summed E-state index contributed by atoms with van der Waals surface area (Å²) in [4.78, 5) is 30.8. The minimum atomic E-state index is -1.29. The van der Waals surface area contributed by atoms with Crippen LogP contribution in [-0.2, 0) is 39.4 Å². The number of nitrogens with zero attached hydrogens (tertiary/aromatic N) is 2. The number of methoxy groups -OCH3 is 1. The Morgan fingerprint density at radius 2 is 2.03 bits per heavy atom. The van der Waals surface area contributed by atoms with E-state index < -0.39 is 11.6 Å². The third-order valence-electron chi connectivity index (χ3n) is 6.46. The van der Waals surface area contributed by atoms with E-state index in [0.717, 1.165) is 34.1 Å². The molecule has 2 aliphatic rings. The summed E-state index contributed by atoms with van der Waals surface area (Å²) >= 11 is 0. The molecule has 0 fully saturated rings. The van der Waals surface area contributed by atoms with Crippen molar-refractivity contribution < 1.29 is 19.4 Å². The monoisotopic (exact) mass is 406 g/mol. The molecule has 1 aromatic carbocycles. The van der Waals surface area contributed by atoms with Gasteiger partial charge in [0.25, 0.3) is 5.56 Å². The first-order chi connectivity index (χ1) is 14.4. The third kappa shape index (κ3) is 2.26. The first kappa shape index (κ1) is 18.8. The van der Waals surface area contributed by atoms with Crippen LogP contribution >= 0.6 is 0 Å². The second-order valence-corrected chi connectivity index (χ2v) is 7.75. The van der Waals surface area contributed by atoms with Crippen LogP contribution < -0.4 is 5.56 Å². The van der Waals surface area contributed by atoms with Gasteiger partial charge in [0.05, 0.1) is 29.0 Å². The van der Waals surface area contributed by atoms with Gasteiger partial charge in [-0.2, -0.15) is 0 Å². The summed E-state index contributed by atoms with van der Waals surface area (Å²) in [5, 5.41) is 10.8. The van der Waals surface area contributed by atoms with Crippen LogP contribution in [-0.4, -0.2) is 27.7 Å². The van der Waals surface area contributed by atoms with E-state index >= 15 is 0 Å². The number of cyclic esters (lactones) is 1. The van der Waals surface area contributed by atoms with E-state index in [0.29, 0.717) is 29.8 Å². The van der Waals surface area contributed by atoms with Crippen molar-refractivity contribution in [1.29, 1.82) is 0 Å². The van der Waals surface area contributed by atoms with Gasteiger partial charge in [0.1, 0.15) is 12.4 Å². The Kier molecular flexibility index (Phi) is 4.02. The molecule has 0 saturated carbocycles.